The second kappa shape index (κ2) is 8.85. The van der Waals surface area contributed by atoms with Crippen molar-refractivity contribution in [1.82, 2.24) is 15.6 Å². The third-order valence-corrected chi connectivity index (χ3v) is 4.27. The zero-order valence-electron chi connectivity index (χ0n) is 16.0. The van der Waals surface area contributed by atoms with Crippen molar-refractivity contribution in [3.8, 4) is 22.8 Å². The Balaban J connectivity index is 1.65. The fourth-order valence-corrected chi connectivity index (χ4v) is 2.66. The lowest BCUT2D eigenvalue weighted by Gasteiger charge is -2.07. The number of aromatic amines is 1. The number of aromatic nitrogens is 2. The van der Waals surface area contributed by atoms with Crippen LogP contribution in [0.5, 0.6) is 11.5 Å². The van der Waals surface area contributed by atoms with Gasteiger partial charge in [-0.05, 0) is 41.8 Å². The van der Waals surface area contributed by atoms with Crippen molar-refractivity contribution < 1.29 is 14.3 Å². The highest BCUT2D eigenvalue weighted by molar-refractivity contribution is 5.94. The van der Waals surface area contributed by atoms with Crippen LogP contribution in [0.25, 0.3) is 11.3 Å². The number of hydrogen-bond acceptors (Lipinski definition) is 5. The van der Waals surface area contributed by atoms with E-state index in [0.29, 0.717) is 22.9 Å². The summed E-state index contributed by atoms with van der Waals surface area (Å²) >= 11 is 0. The topological polar surface area (TPSA) is 88.6 Å². The fourth-order valence-electron chi connectivity index (χ4n) is 2.66. The van der Waals surface area contributed by atoms with Gasteiger partial charge in [0, 0.05) is 5.56 Å². The highest BCUT2D eigenvalue weighted by Crippen LogP contribution is 2.26. The summed E-state index contributed by atoms with van der Waals surface area (Å²) in [7, 11) is 3.13. The number of hydrogen-bond donors (Lipinski definition) is 2. The van der Waals surface area contributed by atoms with Crippen molar-refractivity contribution >= 4 is 12.1 Å². The maximum Gasteiger partial charge on any atom is 0.289 e. The lowest BCUT2D eigenvalue weighted by molar-refractivity contribution is 0.0950. The highest BCUT2D eigenvalue weighted by atomic mass is 16.5. The van der Waals surface area contributed by atoms with Gasteiger partial charge in [0.1, 0.15) is 5.69 Å². The molecule has 1 amide bonds. The molecule has 0 aliphatic heterocycles. The minimum absolute atomic E-state index is 0.332. The van der Waals surface area contributed by atoms with Crippen molar-refractivity contribution in [2.45, 2.75) is 13.3 Å². The molecule has 0 radical (unpaired) electrons. The molecule has 144 valence electrons. The molecule has 3 aromatic rings. The number of hydrazone groups is 1. The molecule has 0 bridgehead atoms. The molecule has 2 N–H and O–H groups in total. The molecule has 0 saturated heterocycles. The van der Waals surface area contributed by atoms with Crippen molar-refractivity contribution in [1.29, 1.82) is 0 Å². The van der Waals surface area contributed by atoms with Crippen LogP contribution in [0.2, 0.25) is 0 Å². The summed E-state index contributed by atoms with van der Waals surface area (Å²) in [4.78, 5) is 12.3. The number of nitrogens with one attached hydrogen (secondary N) is 2. The van der Waals surface area contributed by atoms with Crippen LogP contribution in [0.4, 0.5) is 0 Å². The van der Waals surface area contributed by atoms with Gasteiger partial charge < -0.3 is 9.47 Å². The Morgan fingerprint density at radius 1 is 1.11 bits per heavy atom. The zero-order valence-corrected chi connectivity index (χ0v) is 16.0. The smallest absolute Gasteiger partial charge is 0.289 e. The largest absolute Gasteiger partial charge is 0.493 e. The molecule has 0 unspecified atom stereocenters. The van der Waals surface area contributed by atoms with E-state index in [1.54, 1.807) is 32.4 Å². The third kappa shape index (κ3) is 4.37. The van der Waals surface area contributed by atoms with Gasteiger partial charge in [-0.3, -0.25) is 9.89 Å². The average molecular weight is 378 g/mol. The molecule has 28 heavy (non-hydrogen) atoms. The Morgan fingerprint density at radius 3 is 2.54 bits per heavy atom. The molecule has 0 saturated carbocycles. The van der Waals surface area contributed by atoms with Gasteiger partial charge in [0.2, 0.25) is 0 Å². The number of carbonyl (C=O) groups excluding carboxylic acids is 1. The first kappa shape index (κ1) is 19.2. The number of amides is 1. The summed E-state index contributed by atoms with van der Waals surface area (Å²) in [6.07, 6.45) is 2.51. The second-order valence-electron chi connectivity index (χ2n) is 6.03. The average Bonchev–Trinajstić information content (AvgIpc) is 3.24. The van der Waals surface area contributed by atoms with Crippen molar-refractivity contribution in [3.05, 3.63) is 65.4 Å². The van der Waals surface area contributed by atoms with Gasteiger partial charge in [0.05, 0.1) is 26.1 Å². The molecule has 0 aliphatic rings. The van der Waals surface area contributed by atoms with E-state index in [2.05, 4.69) is 39.8 Å². The van der Waals surface area contributed by atoms with E-state index < -0.39 is 0 Å². The molecule has 7 heteroatoms. The first-order valence-corrected chi connectivity index (χ1v) is 8.84. The second-order valence-corrected chi connectivity index (χ2v) is 6.03. The number of ether oxygens (including phenoxy) is 2. The number of H-pyrrole nitrogens is 1. The van der Waals surface area contributed by atoms with Crippen molar-refractivity contribution in [2.75, 3.05) is 14.2 Å². The van der Waals surface area contributed by atoms with E-state index in [1.165, 1.54) is 11.8 Å². The van der Waals surface area contributed by atoms with Crippen molar-refractivity contribution in [3.63, 3.8) is 0 Å². The number of rotatable bonds is 7. The lowest BCUT2D eigenvalue weighted by Crippen LogP contribution is -2.18. The summed E-state index contributed by atoms with van der Waals surface area (Å²) in [5, 5.41) is 10.9. The first-order valence-electron chi connectivity index (χ1n) is 8.84. The van der Waals surface area contributed by atoms with Gasteiger partial charge in [-0.25, -0.2) is 5.43 Å². The van der Waals surface area contributed by atoms with Crippen LogP contribution in [-0.4, -0.2) is 36.5 Å². The summed E-state index contributed by atoms with van der Waals surface area (Å²) in [5.74, 6) is 0.839. The Bertz CT molecular complexity index is 978. The molecule has 2 aromatic carbocycles. The van der Waals surface area contributed by atoms with Crippen LogP contribution in [0.3, 0.4) is 0 Å². The summed E-state index contributed by atoms with van der Waals surface area (Å²) in [6, 6.07) is 15.1. The van der Waals surface area contributed by atoms with E-state index in [1.807, 2.05) is 18.2 Å². The minimum Gasteiger partial charge on any atom is -0.493 e. The van der Waals surface area contributed by atoms with Crippen LogP contribution in [0.1, 0.15) is 28.5 Å². The van der Waals surface area contributed by atoms with Crippen LogP contribution in [-0.2, 0) is 6.42 Å². The standard InChI is InChI=1S/C21H22N4O3/c1-4-14-5-8-16(9-6-14)17-12-18(24-23-17)21(26)25-22-13-15-7-10-19(27-2)20(11-15)28-3/h5-13H,4H2,1-3H3,(H,23,24)(H,25,26)/b22-13-. The molecular formula is C21H22N4O3. The molecule has 0 aliphatic carbocycles. The molecule has 0 atom stereocenters. The molecule has 1 aromatic heterocycles. The highest BCUT2D eigenvalue weighted by Gasteiger charge is 2.10. The fraction of sp³-hybridized carbons (Fsp3) is 0.190. The predicted octanol–water partition coefficient (Wildman–Crippen LogP) is 3.42. The number of benzene rings is 2. The maximum atomic E-state index is 12.3. The number of nitrogens with zero attached hydrogens (tertiary/aromatic N) is 2. The van der Waals surface area contributed by atoms with Crippen LogP contribution >= 0.6 is 0 Å². The predicted molar refractivity (Wildman–Crippen MR) is 108 cm³/mol. The molecule has 1 heterocycles. The molecule has 7 nitrogen and oxygen atoms in total. The maximum absolute atomic E-state index is 12.3. The zero-order chi connectivity index (χ0) is 19.9. The van der Waals surface area contributed by atoms with E-state index in [-0.39, 0.29) is 5.91 Å². The number of carbonyl (C=O) groups is 1. The Hall–Kier alpha value is -3.61. The SMILES string of the molecule is CCc1ccc(-c2cc(C(=O)N/N=C\c3ccc(OC)c(OC)c3)[nH]n2)cc1. The Morgan fingerprint density at radius 2 is 1.86 bits per heavy atom. The lowest BCUT2D eigenvalue weighted by atomic mass is 10.1. The monoisotopic (exact) mass is 378 g/mol. The van der Waals surface area contributed by atoms with E-state index in [9.17, 15) is 4.79 Å². The first-order chi connectivity index (χ1) is 13.6. The van der Waals surface area contributed by atoms with E-state index >= 15 is 0 Å². The Labute approximate surface area is 163 Å². The van der Waals surface area contributed by atoms with Crippen LogP contribution in [0, 0.1) is 0 Å². The van der Waals surface area contributed by atoms with Crippen LogP contribution < -0.4 is 14.9 Å². The van der Waals surface area contributed by atoms with Gasteiger partial charge in [0.15, 0.2) is 11.5 Å². The molecular weight excluding hydrogens is 356 g/mol. The molecule has 3 rings (SSSR count). The summed E-state index contributed by atoms with van der Waals surface area (Å²) in [6.45, 7) is 2.11. The number of methoxy groups -OCH3 is 2. The summed E-state index contributed by atoms with van der Waals surface area (Å²) in [5.41, 5.74) is 6.48. The van der Waals surface area contributed by atoms with Gasteiger partial charge in [-0.2, -0.15) is 10.2 Å². The molecule has 0 fully saturated rings. The minimum atomic E-state index is -0.374. The van der Waals surface area contributed by atoms with Gasteiger partial charge in [0.25, 0.3) is 5.91 Å². The van der Waals surface area contributed by atoms with E-state index in [4.69, 9.17) is 9.47 Å². The number of aryl methyl sites for hydroxylation is 1. The van der Waals surface area contributed by atoms with Gasteiger partial charge >= 0.3 is 0 Å². The quantitative estimate of drug-likeness (QED) is 0.487. The third-order valence-electron chi connectivity index (χ3n) is 4.27. The summed E-state index contributed by atoms with van der Waals surface area (Å²) < 4.78 is 10.4. The normalized spacial score (nSPS) is 10.8. The van der Waals surface area contributed by atoms with Gasteiger partial charge in [-0.1, -0.05) is 31.2 Å². The van der Waals surface area contributed by atoms with Crippen molar-refractivity contribution in [2.24, 2.45) is 5.10 Å². The Kier molecular flexibility index (Phi) is 6.06. The van der Waals surface area contributed by atoms with Gasteiger partial charge in [-0.15, -0.1) is 0 Å². The van der Waals surface area contributed by atoms with E-state index in [0.717, 1.165) is 17.5 Å². The van der Waals surface area contributed by atoms with Crippen LogP contribution in [0.15, 0.2) is 53.6 Å². The molecule has 0 spiro atoms.